The molecule has 0 rings (SSSR count). The highest BCUT2D eigenvalue weighted by Crippen LogP contribution is 2.14. The van der Waals surface area contributed by atoms with Gasteiger partial charge in [-0.25, -0.2) is 0 Å². The number of unbranched alkanes of at least 4 members (excludes halogenated alkanes) is 25. The number of rotatable bonds is 50. The van der Waals surface area contributed by atoms with Crippen LogP contribution in [0.2, 0.25) is 0 Å². The number of ether oxygens (including phenoxy) is 3. The highest BCUT2D eigenvalue weighted by molar-refractivity contribution is 5.71. The summed E-state index contributed by atoms with van der Waals surface area (Å²) >= 11 is 0. The highest BCUT2D eigenvalue weighted by atomic mass is 16.6. The molecular formula is C61H104O6. The standard InChI is InChI=1S/C61H104O6/c1-4-7-10-13-16-19-22-25-28-29-30-31-34-36-39-42-45-48-51-54-60(63)66-57-58(67-61(64)55-52-49-46-43-40-37-33-27-24-21-18-15-12-9-6-3)56-65-59(62)53-50-47-44-41-38-35-32-26-23-20-17-14-11-8-5-2/h9,12,16-21,25-28,32-33,58H,4-8,10-11,13-15,22-24,29-31,34-57H2,1-3H3/b12-9+,19-16+,20-17+,21-18+,28-25+,32-26+,33-27+/t58-/m1/s1. The van der Waals surface area contributed by atoms with Gasteiger partial charge in [0, 0.05) is 19.3 Å². The predicted molar refractivity (Wildman–Crippen MR) is 288 cm³/mol. The van der Waals surface area contributed by atoms with E-state index in [0.717, 1.165) is 128 Å². The van der Waals surface area contributed by atoms with Crippen LogP contribution in [-0.4, -0.2) is 37.2 Å². The Morgan fingerprint density at radius 2 is 0.582 bits per heavy atom. The van der Waals surface area contributed by atoms with Gasteiger partial charge in [-0.3, -0.25) is 14.4 Å². The summed E-state index contributed by atoms with van der Waals surface area (Å²) in [6.45, 7) is 6.46. The van der Waals surface area contributed by atoms with Crippen molar-refractivity contribution in [3.8, 4) is 0 Å². The fourth-order valence-electron chi connectivity index (χ4n) is 7.63. The van der Waals surface area contributed by atoms with Gasteiger partial charge in [0.15, 0.2) is 6.10 Å². The molecule has 0 radical (unpaired) electrons. The Morgan fingerprint density at radius 3 is 0.910 bits per heavy atom. The Kier molecular flexibility index (Phi) is 52.4. The zero-order chi connectivity index (χ0) is 48.6. The molecule has 0 aliphatic rings. The maximum Gasteiger partial charge on any atom is 0.306 e. The second-order valence-corrected chi connectivity index (χ2v) is 18.5. The van der Waals surface area contributed by atoms with Crippen LogP contribution in [0.25, 0.3) is 0 Å². The lowest BCUT2D eigenvalue weighted by Crippen LogP contribution is -2.30. The van der Waals surface area contributed by atoms with E-state index < -0.39 is 6.10 Å². The van der Waals surface area contributed by atoms with Crippen molar-refractivity contribution in [2.75, 3.05) is 13.2 Å². The molecule has 0 aromatic carbocycles. The van der Waals surface area contributed by atoms with Crippen LogP contribution < -0.4 is 0 Å². The molecule has 6 heteroatoms. The Balaban J connectivity index is 4.42. The Bertz CT molecular complexity index is 1300. The van der Waals surface area contributed by atoms with E-state index in [-0.39, 0.29) is 31.1 Å². The molecule has 0 fully saturated rings. The largest absolute Gasteiger partial charge is 0.462 e. The summed E-state index contributed by atoms with van der Waals surface area (Å²) < 4.78 is 16.8. The predicted octanol–water partition coefficient (Wildman–Crippen LogP) is 18.8. The van der Waals surface area contributed by atoms with Gasteiger partial charge >= 0.3 is 17.9 Å². The molecule has 0 aromatic rings. The molecule has 0 aromatic heterocycles. The van der Waals surface area contributed by atoms with Crippen molar-refractivity contribution in [3.05, 3.63) is 85.1 Å². The van der Waals surface area contributed by atoms with Crippen LogP contribution in [-0.2, 0) is 28.6 Å². The summed E-state index contributed by atoms with van der Waals surface area (Å²) in [4.78, 5) is 38.1. The first-order chi connectivity index (χ1) is 33.0. The van der Waals surface area contributed by atoms with E-state index in [2.05, 4.69) is 106 Å². The number of allylic oxidation sites excluding steroid dienone is 14. The van der Waals surface area contributed by atoms with Gasteiger partial charge in [0.05, 0.1) is 0 Å². The van der Waals surface area contributed by atoms with Crippen LogP contribution in [0.15, 0.2) is 85.1 Å². The number of esters is 3. The van der Waals surface area contributed by atoms with Gasteiger partial charge in [-0.1, -0.05) is 215 Å². The van der Waals surface area contributed by atoms with Gasteiger partial charge in [0.2, 0.25) is 0 Å². The lowest BCUT2D eigenvalue weighted by atomic mass is 10.1. The first-order valence-corrected chi connectivity index (χ1v) is 28.1. The van der Waals surface area contributed by atoms with Crippen molar-refractivity contribution in [2.45, 2.75) is 271 Å². The summed E-state index contributed by atoms with van der Waals surface area (Å²) in [5.74, 6) is -0.922. The summed E-state index contributed by atoms with van der Waals surface area (Å²) in [5, 5.41) is 0. The van der Waals surface area contributed by atoms with Crippen LogP contribution in [0.1, 0.15) is 265 Å². The number of hydrogen-bond acceptors (Lipinski definition) is 6. The fourth-order valence-corrected chi connectivity index (χ4v) is 7.63. The van der Waals surface area contributed by atoms with E-state index in [1.54, 1.807) is 0 Å². The van der Waals surface area contributed by atoms with Crippen LogP contribution in [0.3, 0.4) is 0 Å². The minimum Gasteiger partial charge on any atom is -0.462 e. The molecule has 1 atom stereocenters. The monoisotopic (exact) mass is 933 g/mol. The van der Waals surface area contributed by atoms with Crippen LogP contribution in [0.4, 0.5) is 0 Å². The molecule has 0 N–H and O–H groups in total. The second kappa shape index (κ2) is 55.2. The van der Waals surface area contributed by atoms with Gasteiger partial charge in [-0.15, -0.1) is 0 Å². The van der Waals surface area contributed by atoms with Crippen LogP contribution in [0, 0.1) is 0 Å². The molecule has 0 aliphatic carbocycles. The van der Waals surface area contributed by atoms with E-state index in [4.69, 9.17) is 14.2 Å². The van der Waals surface area contributed by atoms with Crippen molar-refractivity contribution in [1.29, 1.82) is 0 Å². The van der Waals surface area contributed by atoms with Crippen molar-refractivity contribution in [3.63, 3.8) is 0 Å². The molecule has 67 heavy (non-hydrogen) atoms. The van der Waals surface area contributed by atoms with E-state index in [9.17, 15) is 14.4 Å². The topological polar surface area (TPSA) is 78.9 Å². The zero-order valence-electron chi connectivity index (χ0n) is 43.9. The van der Waals surface area contributed by atoms with Gasteiger partial charge in [0.1, 0.15) is 13.2 Å². The van der Waals surface area contributed by atoms with Gasteiger partial charge in [-0.2, -0.15) is 0 Å². The lowest BCUT2D eigenvalue weighted by Gasteiger charge is -2.18. The van der Waals surface area contributed by atoms with Crippen molar-refractivity contribution < 1.29 is 28.6 Å². The number of carbonyl (C=O) groups excluding carboxylic acids is 3. The molecule has 0 bridgehead atoms. The highest BCUT2D eigenvalue weighted by Gasteiger charge is 2.19. The third-order valence-corrected chi connectivity index (χ3v) is 11.9. The van der Waals surface area contributed by atoms with Gasteiger partial charge in [-0.05, 0) is 116 Å². The molecule has 0 saturated carbocycles. The average molecular weight is 933 g/mol. The van der Waals surface area contributed by atoms with Crippen molar-refractivity contribution >= 4 is 17.9 Å². The summed E-state index contributed by atoms with van der Waals surface area (Å²) in [7, 11) is 0. The summed E-state index contributed by atoms with van der Waals surface area (Å²) in [6.07, 6.45) is 71.3. The summed E-state index contributed by atoms with van der Waals surface area (Å²) in [6, 6.07) is 0. The molecular weight excluding hydrogens is 829 g/mol. The van der Waals surface area contributed by atoms with E-state index in [1.807, 2.05) is 0 Å². The SMILES string of the molecule is CC/C=C/C/C=C/C/C=C/CCCCCCCC(=O)O[C@H](COC(=O)CCCCCCC/C=C/C/C=C/CCCCC)COC(=O)CCCCCCCCCCC/C=C/C/C=C/CCCCC. The average Bonchev–Trinajstić information content (AvgIpc) is 3.33. The summed E-state index contributed by atoms with van der Waals surface area (Å²) in [5.41, 5.74) is 0. The smallest absolute Gasteiger partial charge is 0.306 e. The molecule has 384 valence electrons. The van der Waals surface area contributed by atoms with Crippen LogP contribution in [0.5, 0.6) is 0 Å². The van der Waals surface area contributed by atoms with Gasteiger partial charge < -0.3 is 14.2 Å². The minimum absolute atomic E-state index is 0.0906. The maximum absolute atomic E-state index is 12.8. The molecule has 0 amide bonds. The van der Waals surface area contributed by atoms with Crippen molar-refractivity contribution in [1.82, 2.24) is 0 Å². The quantitative estimate of drug-likeness (QED) is 0.0262. The van der Waals surface area contributed by atoms with E-state index >= 15 is 0 Å². The van der Waals surface area contributed by atoms with Gasteiger partial charge in [0.25, 0.3) is 0 Å². The third kappa shape index (κ3) is 53.4. The number of carbonyl (C=O) groups is 3. The first-order valence-electron chi connectivity index (χ1n) is 28.1. The molecule has 0 saturated heterocycles. The Labute approximate surface area is 414 Å². The Hall–Kier alpha value is -3.41. The maximum atomic E-state index is 12.8. The molecule has 6 nitrogen and oxygen atoms in total. The van der Waals surface area contributed by atoms with E-state index in [0.29, 0.717) is 19.3 Å². The minimum atomic E-state index is -0.794. The van der Waals surface area contributed by atoms with Crippen LogP contribution >= 0.6 is 0 Å². The molecule has 0 heterocycles. The Morgan fingerprint density at radius 1 is 0.313 bits per heavy atom. The first kappa shape index (κ1) is 63.6. The fraction of sp³-hybridized carbons (Fsp3) is 0.721. The molecule has 0 aliphatic heterocycles. The second-order valence-electron chi connectivity index (χ2n) is 18.5. The van der Waals surface area contributed by atoms with E-state index in [1.165, 1.54) is 96.3 Å². The molecule has 0 spiro atoms. The molecule has 0 unspecified atom stereocenters. The third-order valence-electron chi connectivity index (χ3n) is 11.9. The lowest BCUT2D eigenvalue weighted by molar-refractivity contribution is -0.167. The number of hydrogen-bond donors (Lipinski definition) is 0. The zero-order valence-corrected chi connectivity index (χ0v) is 43.9. The van der Waals surface area contributed by atoms with Crippen molar-refractivity contribution in [2.24, 2.45) is 0 Å². The normalized spacial score (nSPS) is 12.7.